The van der Waals surface area contributed by atoms with Crippen LogP contribution in [0.15, 0.2) is 29.2 Å². The highest BCUT2D eigenvalue weighted by Crippen LogP contribution is 2.29. The lowest BCUT2D eigenvalue weighted by molar-refractivity contribution is -0.136. The highest BCUT2D eigenvalue weighted by molar-refractivity contribution is 8.00. The predicted octanol–water partition coefficient (Wildman–Crippen LogP) is 3.43. The third kappa shape index (κ3) is 4.41. The molecule has 2 aliphatic heterocycles. The van der Waals surface area contributed by atoms with Crippen LogP contribution in [0.4, 0.5) is 0 Å². The summed E-state index contributed by atoms with van der Waals surface area (Å²) in [7, 11) is 0. The molecule has 0 spiro atoms. The number of halogens is 1. The summed E-state index contributed by atoms with van der Waals surface area (Å²) in [5.41, 5.74) is 0. The van der Waals surface area contributed by atoms with E-state index in [2.05, 4.69) is 0 Å². The zero-order valence-corrected chi connectivity index (χ0v) is 14.8. The summed E-state index contributed by atoms with van der Waals surface area (Å²) < 4.78 is 11.2. The number of thioether (sulfide) groups is 1. The molecular formula is C17H22ClNO3S. The Balaban J connectivity index is 1.49. The van der Waals surface area contributed by atoms with Gasteiger partial charge in [0, 0.05) is 28.9 Å². The summed E-state index contributed by atoms with van der Waals surface area (Å²) in [5.74, 6) is 0.623. The Labute approximate surface area is 146 Å². The molecule has 2 heterocycles. The van der Waals surface area contributed by atoms with Gasteiger partial charge in [-0.25, -0.2) is 0 Å². The summed E-state index contributed by atoms with van der Waals surface area (Å²) in [6.07, 6.45) is 1.84. The van der Waals surface area contributed by atoms with Crippen molar-refractivity contribution in [1.82, 2.24) is 4.90 Å². The second kappa shape index (κ2) is 7.88. The molecule has 126 valence electrons. The minimum atomic E-state index is -0.0910. The molecule has 0 saturated carbocycles. The number of likely N-dealkylation sites (tertiary alicyclic amines) is 1. The van der Waals surface area contributed by atoms with Gasteiger partial charge in [-0.2, -0.15) is 0 Å². The van der Waals surface area contributed by atoms with Gasteiger partial charge in [0.25, 0.3) is 0 Å². The van der Waals surface area contributed by atoms with Crippen LogP contribution in [0.25, 0.3) is 0 Å². The van der Waals surface area contributed by atoms with E-state index in [0.717, 1.165) is 30.8 Å². The molecule has 2 saturated heterocycles. The Hall–Kier alpha value is -0.750. The maximum Gasteiger partial charge on any atom is 0.235 e. The third-order valence-corrected chi connectivity index (χ3v) is 5.71. The number of rotatable bonds is 4. The van der Waals surface area contributed by atoms with E-state index in [-0.39, 0.29) is 17.4 Å². The highest BCUT2D eigenvalue weighted by atomic mass is 35.5. The standard InChI is InChI=1S/C17H22ClNO3S/c1-12(23-15-4-2-14(18)3-5-15)16(20)19-8-6-13(7-9-19)17-21-10-11-22-17/h2-5,12-13,17H,6-11H2,1H3. The Kier molecular flexibility index (Phi) is 5.85. The Bertz CT molecular complexity index is 525. The monoisotopic (exact) mass is 355 g/mol. The first-order chi connectivity index (χ1) is 11.1. The molecule has 0 radical (unpaired) electrons. The molecule has 2 fully saturated rings. The average Bonchev–Trinajstić information content (AvgIpc) is 3.11. The van der Waals surface area contributed by atoms with Gasteiger partial charge in [0.2, 0.25) is 5.91 Å². The normalized spacial score (nSPS) is 21.6. The third-order valence-electron chi connectivity index (χ3n) is 4.36. The molecule has 3 rings (SSSR count). The van der Waals surface area contributed by atoms with Crippen molar-refractivity contribution in [3.8, 4) is 0 Å². The molecule has 1 amide bonds. The first-order valence-electron chi connectivity index (χ1n) is 8.07. The molecular weight excluding hydrogens is 334 g/mol. The predicted molar refractivity (Wildman–Crippen MR) is 91.8 cm³/mol. The SMILES string of the molecule is CC(Sc1ccc(Cl)cc1)C(=O)N1CCC(C2OCCO2)CC1. The molecule has 6 heteroatoms. The van der Waals surface area contributed by atoms with Crippen LogP contribution < -0.4 is 0 Å². The van der Waals surface area contributed by atoms with E-state index in [0.29, 0.717) is 24.2 Å². The summed E-state index contributed by atoms with van der Waals surface area (Å²) in [5, 5.41) is 0.624. The highest BCUT2D eigenvalue weighted by Gasteiger charge is 2.32. The fraction of sp³-hybridized carbons (Fsp3) is 0.588. The molecule has 1 atom stereocenters. The van der Waals surface area contributed by atoms with Crippen LogP contribution in [0.3, 0.4) is 0 Å². The Morgan fingerprint density at radius 2 is 1.83 bits per heavy atom. The van der Waals surface area contributed by atoms with Gasteiger partial charge in [0.1, 0.15) is 0 Å². The van der Waals surface area contributed by atoms with Crippen LogP contribution in [0.1, 0.15) is 19.8 Å². The quantitative estimate of drug-likeness (QED) is 0.776. The van der Waals surface area contributed by atoms with Gasteiger partial charge in [0.15, 0.2) is 6.29 Å². The molecule has 1 aromatic carbocycles. The molecule has 1 unspecified atom stereocenters. The van der Waals surface area contributed by atoms with Gasteiger partial charge in [0.05, 0.1) is 18.5 Å². The summed E-state index contributed by atoms with van der Waals surface area (Å²) in [6, 6.07) is 7.62. The molecule has 0 bridgehead atoms. The van der Waals surface area contributed by atoms with E-state index in [4.69, 9.17) is 21.1 Å². The minimum Gasteiger partial charge on any atom is -0.350 e. The first-order valence-corrected chi connectivity index (χ1v) is 9.33. The Morgan fingerprint density at radius 3 is 2.43 bits per heavy atom. The molecule has 2 aliphatic rings. The van der Waals surface area contributed by atoms with Gasteiger partial charge < -0.3 is 14.4 Å². The van der Waals surface area contributed by atoms with E-state index < -0.39 is 0 Å². The molecule has 23 heavy (non-hydrogen) atoms. The lowest BCUT2D eigenvalue weighted by Gasteiger charge is -2.35. The lowest BCUT2D eigenvalue weighted by atomic mass is 9.96. The van der Waals surface area contributed by atoms with Crippen LogP contribution in [0.5, 0.6) is 0 Å². The zero-order valence-electron chi connectivity index (χ0n) is 13.2. The fourth-order valence-electron chi connectivity index (χ4n) is 3.07. The van der Waals surface area contributed by atoms with Crippen LogP contribution >= 0.6 is 23.4 Å². The number of nitrogens with zero attached hydrogens (tertiary/aromatic N) is 1. The lowest BCUT2D eigenvalue weighted by Crippen LogP contribution is -2.44. The summed E-state index contributed by atoms with van der Waals surface area (Å²) >= 11 is 7.48. The largest absolute Gasteiger partial charge is 0.350 e. The number of benzene rings is 1. The number of ether oxygens (including phenoxy) is 2. The van der Waals surface area contributed by atoms with Crippen molar-refractivity contribution in [3.63, 3.8) is 0 Å². The fourth-order valence-corrected chi connectivity index (χ4v) is 4.14. The van der Waals surface area contributed by atoms with Gasteiger partial charge >= 0.3 is 0 Å². The second-order valence-electron chi connectivity index (χ2n) is 5.99. The average molecular weight is 356 g/mol. The molecule has 0 aromatic heterocycles. The number of amides is 1. The van der Waals surface area contributed by atoms with Gasteiger partial charge in [-0.05, 0) is 44.0 Å². The van der Waals surface area contributed by atoms with Crippen molar-refractivity contribution in [1.29, 1.82) is 0 Å². The number of carbonyl (C=O) groups is 1. The van der Waals surface area contributed by atoms with E-state index >= 15 is 0 Å². The maximum atomic E-state index is 12.6. The number of hydrogen-bond donors (Lipinski definition) is 0. The molecule has 1 aromatic rings. The molecule has 0 aliphatic carbocycles. The topological polar surface area (TPSA) is 38.8 Å². The summed E-state index contributed by atoms with van der Waals surface area (Å²) in [6.45, 7) is 4.94. The van der Waals surface area contributed by atoms with Crippen LogP contribution in [-0.2, 0) is 14.3 Å². The molecule has 0 N–H and O–H groups in total. The zero-order chi connectivity index (χ0) is 16.2. The molecule has 4 nitrogen and oxygen atoms in total. The van der Waals surface area contributed by atoms with E-state index in [1.54, 1.807) is 11.8 Å². The van der Waals surface area contributed by atoms with Gasteiger partial charge in [-0.1, -0.05) is 11.6 Å². The van der Waals surface area contributed by atoms with E-state index in [1.165, 1.54) is 0 Å². The van der Waals surface area contributed by atoms with Gasteiger partial charge in [-0.15, -0.1) is 11.8 Å². The van der Waals surface area contributed by atoms with Crippen LogP contribution in [0, 0.1) is 5.92 Å². The number of hydrogen-bond acceptors (Lipinski definition) is 4. The van der Waals surface area contributed by atoms with Crippen molar-refractivity contribution < 1.29 is 14.3 Å². The van der Waals surface area contributed by atoms with Crippen molar-refractivity contribution in [3.05, 3.63) is 29.3 Å². The maximum absolute atomic E-state index is 12.6. The van der Waals surface area contributed by atoms with Gasteiger partial charge in [-0.3, -0.25) is 4.79 Å². The number of piperidine rings is 1. The minimum absolute atomic E-state index is 0.0619. The smallest absolute Gasteiger partial charge is 0.235 e. The van der Waals surface area contributed by atoms with Crippen LogP contribution in [-0.4, -0.2) is 48.7 Å². The Morgan fingerprint density at radius 1 is 1.22 bits per heavy atom. The summed E-state index contributed by atoms with van der Waals surface area (Å²) in [4.78, 5) is 15.7. The van der Waals surface area contributed by atoms with Crippen molar-refractivity contribution in [2.24, 2.45) is 5.92 Å². The van der Waals surface area contributed by atoms with Crippen molar-refractivity contribution in [2.45, 2.75) is 36.2 Å². The second-order valence-corrected chi connectivity index (χ2v) is 7.84. The van der Waals surface area contributed by atoms with Crippen molar-refractivity contribution in [2.75, 3.05) is 26.3 Å². The van der Waals surface area contributed by atoms with E-state index in [9.17, 15) is 4.79 Å². The van der Waals surface area contributed by atoms with E-state index in [1.807, 2.05) is 36.1 Å². The first kappa shape index (κ1) is 17.1. The van der Waals surface area contributed by atoms with Crippen molar-refractivity contribution >= 4 is 29.3 Å². The number of carbonyl (C=O) groups excluding carboxylic acids is 1. The van der Waals surface area contributed by atoms with Crippen LogP contribution in [0.2, 0.25) is 5.02 Å².